The van der Waals surface area contributed by atoms with Gasteiger partial charge >= 0.3 is 0 Å². The number of nitrogens with two attached hydrogens (primary N) is 1. The summed E-state index contributed by atoms with van der Waals surface area (Å²) in [5.41, 5.74) is 4.77. The van der Waals surface area contributed by atoms with Gasteiger partial charge in [-0.2, -0.15) is 0 Å². The summed E-state index contributed by atoms with van der Waals surface area (Å²) < 4.78 is 6.16. The molecule has 0 aromatic carbocycles. The molecule has 4 nitrogen and oxygen atoms in total. The van der Waals surface area contributed by atoms with Crippen molar-refractivity contribution in [3.63, 3.8) is 0 Å². The molecular formula is C15H25N3O. The van der Waals surface area contributed by atoms with Crippen molar-refractivity contribution in [1.29, 1.82) is 0 Å². The highest BCUT2D eigenvalue weighted by Crippen LogP contribution is 2.47. The maximum absolute atomic E-state index is 6.16. The molecule has 1 fully saturated rings. The van der Waals surface area contributed by atoms with E-state index < -0.39 is 0 Å². The van der Waals surface area contributed by atoms with Crippen LogP contribution in [-0.4, -0.2) is 16.2 Å². The smallest absolute Gasteiger partial charge is 0.0681 e. The molecule has 0 saturated carbocycles. The van der Waals surface area contributed by atoms with Crippen LogP contribution in [0.25, 0.3) is 0 Å². The highest BCUT2D eigenvalue weighted by Gasteiger charge is 2.49. The van der Waals surface area contributed by atoms with E-state index in [1.54, 1.807) is 0 Å². The number of nitrogens with one attached hydrogen (secondary N) is 1. The molecule has 2 unspecified atom stereocenters. The average Bonchev–Trinajstić information content (AvgIpc) is 2.51. The normalized spacial score (nSPS) is 26.3. The fraction of sp³-hybridized carbons (Fsp3) is 0.667. The van der Waals surface area contributed by atoms with E-state index in [2.05, 4.69) is 44.2 Å². The van der Waals surface area contributed by atoms with Crippen LogP contribution in [0.15, 0.2) is 18.3 Å². The topological polar surface area (TPSA) is 60.2 Å². The largest absolute Gasteiger partial charge is 0.369 e. The van der Waals surface area contributed by atoms with Gasteiger partial charge in [0.1, 0.15) is 0 Å². The van der Waals surface area contributed by atoms with E-state index in [-0.39, 0.29) is 17.2 Å². The van der Waals surface area contributed by atoms with Crippen LogP contribution in [0.5, 0.6) is 0 Å². The number of rotatable bonds is 3. The average molecular weight is 263 g/mol. The Balaban J connectivity index is 2.29. The molecule has 0 amide bonds. The van der Waals surface area contributed by atoms with Crippen molar-refractivity contribution in [2.75, 3.05) is 0 Å². The molecule has 1 aromatic rings. The maximum atomic E-state index is 6.16. The van der Waals surface area contributed by atoms with Crippen LogP contribution in [-0.2, 0) is 4.74 Å². The summed E-state index contributed by atoms with van der Waals surface area (Å²) in [4.78, 5) is 4.37. The SMILES string of the molecule is Cc1ccc(C(NN)C2CC(C)(C)OC2(C)C)cn1. The first kappa shape index (κ1) is 14.4. The minimum Gasteiger partial charge on any atom is -0.369 e. The fourth-order valence-electron chi connectivity index (χ4n) is 3.23. The Bertz CT molecular complexity index is 439. The number of hydrogen-bond acceptors (Lipinski definition) is 4. The van der Waals surface area contributed by atoms with E-state index in [1.807, 2.05) is 19.2 Å². The molecule has 1 aliphatic rings. The van der Waals surface area contributed by atoms with Gasteiger partial charge in [-0.3, -0.25) is 16.3 Å². The van der Waals surface area contributed by atoms with E-state index in [1.165, 1.54) is 0 Å². The molecule has 0 spiro atoms. The van der Waals surface area contributed by atoms with Gasteiger partial charge in [-0.1, -0.05) is 6.07 Å². The summed E-state index contributed by atoms with van der Waals surface area (Å²) in [5, 5.41) is 0. The maximum Gasteiger partial charge on any atom is 0.0681 e. The molecule has 106 valence electrons. The third-order valence-electron chi connectivity index (χ3n) is 4.02. The van der Waals surface area contributed by atoms with Crippen LogP contribution >= 0.6 is 0 Å². The van der Waals surface area contributed by atoms with Crippen molar-refractivity contribution in [2.24, 2.45) is 11.8 Å². The van der Waals surface area contributed by atoms with Gasteiger partial charge in [0.2, 0.25) is 0 Å². The van der Waals surface area contributed by atoms with Crippen molar-refractivity contribution >= 4 is 0 Å². The molecule has 1 aromatic heterocycles. The lowest BCUT2D eigenvalue weighted by Gasteiger charge is -2.32. The van der Waals surface area contributed by atoms with Crippen molar-refractivity contribution in [1.82, 2.24) is 10.4 Å². The minimum atomic E-state index is -0.203. The molecule has 19 heavy (non-hydrogen) atoms. The first-order valence-electron chi connectivity index (χ1n) is 6.84. The molecule has 3 N–H and O–H groups in total. The van der Waals surface area contributed by atoms with Gasteiger partial charge in [-0.15, -0.1) is 0 Å². The summed E-state index contributed by atoms with van der Waals surface area (Å²) in [6.07, 6.45) is 2.88. The summed E-state index contributed by atoms with van der Waals surface area (Å²) in [6, 6.07) is 4.17. The monoisotopic (exact) mass is 263 g/mol. The van der Waals surface area contributed by atoms with E-state index >= 15 is 0 Å². The van der Waals surface area contributed by atoms with E-state index in [0.29, 0.717) is 5.92 Å². The van der Waals surface area contributed by atoms with Crippen molar-refractivity contribution < 1.29 is 4.74 Å². The first-order chi connectivity index (χ1) is 8.75. The Labute approximate surface area is 115 Å². The van der Waals surface area contributed by atoms with Crippen LogP contribution in [0.2, 0.25) is 0 Å². The highest BCUT2D eigenvalue weighted by atomic mass is 16.5. The van der Waals surface area contributed by atoms with Crippen molar-refractivity contribution in [3.05, 3.63) is 29.6 Å². The Morgan fingerprint density at radius 3 is 2.47 bits per heavy atom. The number of aromatic nitrogens is 1. The Kier molecular flexibility index (Phi) is 3.69. The Morgan fingerprint density at radius 2 is 2.05 bits per heavy atom. The van der Waals surface area contributed by atoms with Crippen molar-refractivity contribution in [3.8, 4) is 0 Å². The van der Waals surface area contributed by atoms with Crippen LogP contribution in [0.4, 0.5) is 0 Å². The number of hydrogen-bond donors (Lipinski definition) is 2. The Hall–Kier alpha value is -0.970. The zero-order chi connectivity index (χ0) is 14.3. The first-order valence-corrected chi connectivity index (χ1v) is 6.84. The van der Waals surface area contributed by atoms with Gasteiger partial charge in [-0.25, -0.2) is 0 Å². The fourth-order valence-corrected chi connectivity index (χ4v) is 3.23. The second kappa shape index (κ2) is 4.85. The van der Waals surface area contributed by atoms with E-state index in [9.17, 15) is 0 Å². The predicted octanol–water partition coefficient (Wildman–Crippen LogP) is 2.49. The highest BCUT2D eigenvalue weighted by molar-refractivity contribution is 5.20. The molecule has 0 bridgehead atoms. The molecular weight excluding hydrogens is 238 g/mol. The molecule has 0 aliphatic carbocycles. The summed E-state index contributed by atoms with van der Waals surface area (Å²) >= 11 is 0. The molecule has 1 saturated heterocycles. The van der Waals surface area contributed by atoms with Gasteiger partial charge in [0.25, 0.3) is 0 Å². The molecule has 0 radical (unpaired) electrons. The Morgan fingerprint density at radius 1 is 1.37 bits per heavy atom. The molecule has 2 rings (SSSR count). The van der Waals surface area contributed by atoms with Crippen molar-refractivity contribution in [2.45, 2.75) is 58.3 Å². The number of aryl methyl sites for hydroxylation is 1. The van der Waals surface area contributed by atoms with E-state index in [4.69, 9.17) is 10.6 Å². The van der Waals surface area contributed by atoms with Gasteiger partial charge in [0, 0.05) is 17.8 Å². The van der Waals surface area contributed by atoms with Gasteiger partial charge in [0.15, 0.2) is 0 Å². The summed E-state index contributed by atoms with van der Waals surface area (Å²) in [7, 11) is 0. The number of hydrazine groups is 1. The van der Waals surface area contributed by atoms with Gasteiger partial charge in [-0.05, 0) is 52.7 Å². The van der Waals surface area contributed by atoms with Gasteiger partial charge in [0.05, 0.1) is 17.2 Å². The molecule has 4 heteroatoms. The lowest BCUT2D eigenvalue weighted by molar-refractivity contribution is -0.0779. The standard InChI is InChI=1S/C15H25N3O/c1-10-6-7-11(9-17-10)13(18-16)12-8-14(2,3)19-15(12,4)5/h6-7,9,12-13,18H,8,16H2,1-5H3. The minimum absolute atomic E-state index is 0.0601. The predicted molar refractivity (Wildman–Crippen MR) is 76.4 cm³/mol. The number of pyridine rings is 1. The zero-order valence-corrected chi connectivity index (χ0v) is 12.5. The molecule has 2 atom stereocenters. The van der Waals surface area contributed by atoms with E-state index in [0.717, 1.165) is 17.7 Å². The quantitative estimate of drug-likeness (QED) is 0.650. The van der Waals surface area contributed by atoms with Gasteiger partial charge < -0.3 is 4.74 Å². The summed E-state index contributed by atoms with van der Waals surface area (Å²) in [5.74, 6) is 6.12. The zero-order valence-electron chi connectivity index (χ0n) is 12.5. The second-order valence-corrected chi connectivity index (χ2v) is 6.65. The lowest BCUT2D eigenvalue weighted by atomic mass is 9.79. The number of ether oxygens (including phenoxy) is 1. The summed E-state index contributed by atoms with van der Waals surface area (Å²) in [6.45, 7) is 10.5. The third-order valence-corrected chi connectivity index (χ3v) is 4.02. The molecule has 1 aliphatic heterocycles. The van der Waals surface area contributed by atoms with Crippen LogP contribution in [0.3, 0.4) is 0 Å². The second-order valence-electron chi connectivity index (χ2n) is 6.65. The lowest BCUT2D eigenvalue weighted by Crippen LogP contribution is -2.41. The van der Waals surface area contributed by atoms with Crippen LogP contribution in [0.1, 0.15) is 51.4 Å². The molecule has 2 heterocycles. The third kappa shape index (κ3) is 2.96. The number of nitrogens with zero attached hydrogens (tertiary/aromatic N) is 1. The van der Waals surface area contributed by atoms with Crippen LogP contribution in [0, 0.1) is 12.8 Å². The van der Waals surface area contributed by atoms with Crippen LogP contribution < -0.4 is 11.3 Å².